The van der Waals surface area contributed by atoms with E-state index in [1.807, 2.05) is 30.3 Å². The van der Waals surface area contributed by atoms with Crippen LogP contribution < -0.4 is 21.3 Å². The van der Waals surface area contributed by atoms with Crippen LogP contribution in [0.2, 0.25) is 0 Å². The molecule has 20 heavy (non-hydrogen) atoms. The van der Waals surface area contributed by atoms with Crippen LogP contribution in [-0.4, -0.2) is 24.0 Å². The lowest BCUT2D eigenvalue weighted by atomic mass is 10.2. The third kappa shape index (κ3) is 3.69. The number of ether oxygens (including phenoxy) is 1. The van der Waals surface area contributed by atoms with E-state index in [1.54, 1.807) is 6.07 Å². The van der Waals surface area contributed by atoms with Crippen molar-refractivity contribution in [1.29, 1.82) is 0 Å². The molecule has 1 heterocycles. The Morgan fingerprint density at radius 1 is 1.25 bits per heavy atom. The van der Waals surface area contributed by atoms with Crippen LogP contribution in [0.25, 0.3) is 0 Å². The number of hydrogen-bond donors (Lipinski definition) is 3. The highest BCUT2D eigenvalue weighted by Gasteiger charge is 2.09. The van der Waals surface area contributed by atoms with E-state index < -0.39 is 0 Å². The van der Waals surface area contributed by atoms with Crippen molar-refractivity contribution in [2.45, 2.75) is 0 Å². The second-order valence-electron chi connectivity index (χ2n) is 3.98. The highest BCUT2D eigenvalue weighted by atomic mass is 16.5. The maximum atomic E-state index is 11.9. The van der Waals surface area contributed by atoms with Gasteiger partial charge in [0.25, 0.3) is 5.91 Å². The number of aromatic nitrogens is 1. The zero-order chi connectivity index (χ0) is 14.2. The van der Waals surface area contributed by atoms with Gasteiger partial charge in [-0.2, -0.15) is 0 Å². The second-order valence-corrected chi connectivity index (χ2v) is 3.98. The van der Waals surface area contributed by atoms with E-state index in [4.69, 9.17) is 10.6 Å². The molecule has 0 spiro atoms. The fourth-order valence-electron chi connectivity index (χ4n) is 1.65. The molecule has 0 saturated heterocycles. The lowest BCUT2D eigenvalue weighted by molar-refractivity contribution is 0.0947. The van der Waals surface area contributed by atoms with Crippen molar-refractivity contribution in [2.24, 2.45) is 5.84 Å². The number of amides is 1. The topological polar surface area (TPSA) is 89.3 Å². The predicted octanol–water partition coefficient (Wildman–Crippen LogP) is 1.18. The summed E-state index contributed by atoms with van der Waals surface area (Å²) in [6.45, 7) is 0.798. The summed E-state index contributed by atoms with van der Waals surface area (Å²) in [6, 6.07) is 11.0. The molecule has 0 bridgehead atoms. The Morgan fingerprint density at radius 3 is 2.80 bits per heavy atom. The minimum atomic E-state index is -0.225. The number of pyridine rings is 1. The number of nitrogens with two attached hydrogens (primary N) is 1. The zero-order valence-corrected chi connectivity index (χ0v) is 10.9. The van der Waals surface area contributed by atoms with Gasteiger partial charge in [-0.15, -0.1) is 0 Å². The molecule has 1 amide bonds. The number of para-hydroxylation sites is 1. The number of carbonyl (C=O) groups is 1. The third-order valence-electron chi connectivity index (χ3n) is 2.62. The first-order valence-corrected chi connectivity index (χ1v) is 6.18. The fraction of sp³-hybridized carbons (Fsp3) is 0.143. The average Bonchev–Trinajstić information content (AvgIpc) is 2.52. The third-order valence-corrected chi connectivity index (χ3v) is 2.62. The minimum Gasteiger partial charge on any atom is -0.492 e. The molecule has 0 unspecified atom stereocenters. The van der Waals surface area contributed by atoms with Gasteiger partial charge in [-0.1, -0.05) is 18.2 Å². The van der Waals surface area contributed by atoms with E-state index in [0.29, 0.717) is 24.4 Å². The number of benzene rings is 1. The molecular weight excluding hydrogens is 256 g/mol. The number of hydrazine groups is 1. The van der Waals surface area contributed by atoms with E-state index in [2.05, 4.69) is 15.7 Å². The highest BCUT2D eigenvalue weighted by Crippen LogP contribution is 2.11. The van der Waals surface area contributed by atoms with Crippen LogP contribution in [0.4, 0.5) is 5.69 Å². The summed E-state index contributed by atoms with van der Waals surface area (Å²) >= 11 is 0. The number of carbonyl (C=O) groups excluding carboxylic acids is 1. The van der Waals surface area contributed by atoms with Gasteiger partial charge in [-0.05, 0) is 18.2 Å². The van der Waals surface area contributed by atoms with Crippen molar-refractivity contribution in [3.63, 3.8) is 0 Å². The van der Waals surface area contributed by atoms with Gasteiger partial charge >= 0.3 is 0 Å². The lowest BCUT2D eigenvalue weighted by Crippen LogP contribution is -2.29. The first kappa shape index (κ1) is 13.8. The Balaban J connectivity index is 1.81. The normalized spacial score (nSPS) is 9.85. The Labute approximate surface area is 116 Å². The van der Waals surface area contributed by atoms with E-state index in [9.17, 15) is 4.79 Å². The van der Waals surface area contributed by atoms with Crippen molar-refractivity contribution in [1.82, 2.24) is 10.3 Å². The summed E-state index contributed by atoms with van der Waals surface area (Å²) in [7, 11) is 0. The summed E-state index contributed by atoms with van der Waals surface area (Å²) in [4.78, 5) is 15.8. The number of nitrogens with one attached hydrogen (secondary N) is 2. The lowest BCUT2D eigenvalue weighted by Gasteiger charge is -2.10. The molecule has 0 atom stereocenters. The Hall–Kier alpha value is -2.60. The maximum absolute atomic E-state index is 11.9. The molecule has 0 aliphatic heterocycles. The first-order valence-electron chi connectivity index (χ1n) is 6.18. The van der Waals surface area contributed by atoms with Crippen molar-refractivity contribution in [2.75, 3.05) is 18.6 Å². The Morgan fingerprint density at radius 2 is 2.05 bits per heavy atom. The standard InChI is InChI=1S/C14H16N4O2/c15-18-13-10-16-7-6-12(13)14(19)17-8-9-20-11-4-2-1-3-5-11/h1-7,10,18H,8-9,15H2,(H,17,19). The molecule has 0 radical (unpaired) electrons. The molecule has 2 rings (SSSR count). The number of nitrogens with zero attached hydrogens (tertiary/aromatic N) is 1. The summed E-state index contributed by atoms with van der Waals surface area (Å²) in [5.74, 6) is 5.87. The van der Waals surface area contributed by atoms with E-state index in [1.165, 1.54) is 12.4 Å². The van der Waals surface area contributed by atoms with Crippen LogP contribution in [0.15, 0.2) is 48.8 Å². The SMILES string of the molecule is NNc1cnccc1C(=O)NCCOc1ccccc1. The van der Waals surface area contributed by atoms with Crippen molar-refractivity contribution in [3.05, 3.63) is 54.4 Å². The molecule has 0 saturated carbocycles. The van der Waals surface area contributed by atoms with Crippen molar-refractivity contribution in [3.8, 4) is 5.75 Å². The Bertz CT molecular complexity index is 560. The summed E-state index contributed by atoms with van der Waals surface area (Å²) in [5, 5.41) is 2.76. The van der Waals surface area contributed by atoms with Gasteiger partial charge in [0.15, 0.2) is 0 Å². The molecule has 6 heteroatoms. The van der Waals surface area contributed by atoms with Crippen LogP contribution in [0, 0.1) is 0 Å². The van der Waals surface area contributed by atoms with Gasteiger partial charge in [0, 0.05) is 6.20 Å². The minimum absolute atomic E-state index is 0.225. The van der Waals surface area contributed by atoms with Gasteiger partial charge in [0.2, 0.25) is 0 Å². The molecule has 0 aliphatic rings. The molecule has 104 valence electrons. The molecule has 1 aromatic carbocycles. The second kappa shape index (κ2) is 7.10. The molecule has 6 nitrogen and oxygen atoms in total. The van der Waals surface area contributed by atoms with E-state index in [-0.39, 0.29) is 5.91 Å². The molecule has 4 N–H and O–H groups in total. The van der Waals surface area contributed by atoms with Crippen molar-refractivity contribution >= 4 is 11.6 Å². The number of nitrogen functional groups attached to an aromatic ring is 1. The number of rotatable bonds is 6. The molecular formula is C14H16N4O2. The summed E-state index contributed by atoms with van der Waals surface area (Å²) in [5.41, 5.74) is 3.37. The Kier molecular flexibility index (Phi) is 4.91. The molecule has 0 aliphatic carbocycles. The maximum Gasteiger partial charge on any atom is 0.253 e. The largest absolute Gasteiger partial charge is 0.492 e. The average molecular weight is 272 g/mol. The number of anilines is 1. The van der Waals surface area contributed by atoms with Gasteiger partial charge in [0.1, 0.15) is 12.4 Å². The van der Waals surface area contributed by atoms with Crippen LogP contribution in [0.1, 0.15) is 10.4 Å². The van der Waals surface area contributed by atoms with Crippen LogP contribution in [-0.2, 0) is 0 Å². The van der Waals surface area contributed by atoms with E-state index >= 15 is 0 Å². The van der Waals surface area contributed by atoms with Crippen LogP contribution in [0.5, 0.6) is 5.75 Å². The molecule has 1 aromatic heterocycles. The first-order chi connectivity index (χ1) is 9.81. The molecule has 0 fully saturated rings. The van der Waals surface area contributed by atoms with Gasteiger partial charge in [0.05, 0.1) is 24.0 Å². The van der Waals surface area contributed by atoms with Gasteiger partial charge in [-0.3, -0.25) is 15.6 Å². The quantitative estimate of drug-likeness (QED) is 0.417. The van der Waals surface area contributed by atoms with Crippen LogP contribution >= 0.6 is 0 Å². The van der Waals surface area contributed by atoms with Gasteiger partial charge in [-0.25, -0.2) is 0 Å². The van der Waals surface area contributed by atoms with Crippen LogP contribution in [0.3, 0.4) is 0 Å². The molecule has 2 aromatic rings. The zero-order valence-electron chi connectivity index (χ0n) is 10.9. The van der Waals surface area contributed by atoms with E-state index in [0.717, 1.165) is 5.75 Å². The summed E-state index contributed by atoms with van der Waals surface area (Å²) in [6.07, 6.45) is 3.03. The monoisotopic (exact) mass is 272 g/mol. The summed E-state index contributed by atoms with van der Waals surface area (Å²) < 4.78 is 5.48. The van der Waals surface area contributed by atoms with Crippen molar-refractivity contribution < 1.29 is 9.53 Å². The fourth-order valence-corrected chi connectivity index (χ4v) is 1.65. The predicted molar refractivity (Wildman–Crippen MR) is 76.3 cm³/mol. The van der Waals surface area contributed by atoms with Gasteiger partial charge < -0.3 is 15.5 Å². The smallest absolute Gasteiger partial charge is 0.253 e. The highest BCUT2D eigenvalue weighted by molar-refractivity contribution is 5.99. The number of hydrogen-bond acceptors (Lipinski definition) is 5.